The Morgan fingerprint density at radius 3 is 2.43 bits per heavy atom. The molecule has 1 fully saturated rings. The van der Waals surface area contributed by atoms with Crippen LogP contribution in [0.5, 0.6) is 0 Å². The van der Waals surface area contributed by atoms with Crippen molar-refractivity contribution in [3.63, 3.8) is 0 Å². The molecule has 1 aliphatic rings. The third kappa shape index (κ3) is 3.29. The van der Waals surface area contributed by atoms with E-state index in [1.54, 1.807) is 0 Å². The first-order valence-corrected chi connectivity index (χ1v) is 8.31. The van der Waals surface area contributed by atoms with Gasteiger partial charge in [0, 0.05) is 24.1 Å². The molecule has 5 heteroatoms. The smallest absolute Gasteiger partial charge is 0.144 e. The highest BCUT2D eigenvalue weighted by Gasteiger charge is 2.33. The molecule has 1 aromatic carbocycles. The van der Waals surface area contributed by atoms with E-state index in [2.05, 4.69) is 24.3 Å². The Hall–Kier alpha value is -1.75. The Balaban J connectivity index is 1.97. The summed E-state index contributed by atoms with van der Waals surface area (Å²) in [5, 5.41) is 7.45. The molecule has 3 rings (SSSR count). The van der Waals surface area contributed by atoms with Gasteiger partial charge >= 0.3 is 0 Å². The van der Waals surface area contributed by atoms with Crippen LogP contribution in [0.3, 0.4) is 0 Å². The van der Waals surface area contributed by atoms with Crippen LogP contribution in [0.25, 0.3) is 11.3 Å². The minimum Gasteiger partial charge on any atom is -0.360 e. The number of benzene rings is 1. The maximum Gasteiger partial charge on any atom is 0.144 e. The molecule has 2 aromatic rings. The molecule has 0 spiro atoms. The summed E-state index contributed by atoms with van der Waals surface area (Å²) in [6, 6.07) is 4.23. The van der Waals surface area contributed by atoms with Gasteiger partial charge in [-0.05, 0) is 37.8 Å². The van der Waals surface area contributed by atoms with Gasteiger partial charge < -0.3 is 9.84 Å². The fourth-order valence-electron chi connectivity index (χ4n) is 2.90. The topological polar surface area (TPSA) is 38.1 Å². The molecule has 0 saturated heterocycles. The molecule has 0 aliphatic heterocycles. The van der Waals surface area contributed by atoms with Gasteiger partial charge in [-0.2, -0.15) is 0 Å². The minimum absolute atomic E-state index is 0.0931. The summed E-state index contributed by atoms with van der Waals surface area (Å²) < 4.78 is 33.7. The van der Waals surface area contributed by atoms with Crippen molar-refractivity contribution in [3.05, 3.63) is 41.2 Å². The molecule has 124 valence electrons. The Labute approximate surface area is 135 Å². The zero-order chi connectivity index (χ0) is 16.4. The van der Waals surface area contributed by atoms with Crippen LogP contribution in [0.1, 0.15) is 56.8 Å². The number of aromatic nitrogens is 1. The van der Waals surface area contributed by atoms with Crippen molar-refractivity contribution in [2.75, 3.05) is 0 Å². The van der Waals surface area contributed by atoms with Crippen LogP contribution in [0.2, 0.25) is 0 Å². The quantitative estimate of drug-likeness (QED) is 0.798. The van der Waals surface area contributed by atoms with Crippen LogP contribution in [-0.2, 0) is 6.54 Å². The number of hydrogen-bond donors (Lipinski definition) is 1. The lowest BCUT2D eigenvalue weighted by Crippen LogP contribution is -2.27. The zero-order valence-corrected chi connectivity index (χ0v) is 13.5. The minimum atomic E-state index is -0.607. The number of nitrogens with zero attached hydrogens (tertiary/aromatic N) is 1. The largest absolute Gasteiger partial charge is 0.360 e. The fraction of sp³-hybridized carbons (Fsp3) is 0.500. The monoisotopic (exact) mass is 320 g/mol. The molecule has 1 N–H and O–H groups in total. The van der Waals surface area contributed by atoms with Crippen LogP contribution in [0, 0.1) is 11.6 Å². The molecule has 0 unspecified atom stereocenters. The Bertz CT molecular complexity index is 655. The molecule has 3 nitrogen and oxygen atoms in total. The van der Waals surface area contributed by atoms with Gasteiger partial charge in [-0.15, -0.1) is 0 Å². The molecule has 0 bridgehead atoms. The molecule has 23 heavy (non-hydrogen) atoms. The number of rotatable bonds is 7. The molecule has 1 aromatic heterocycles. The van der Waals surface area contributed by atoms with Crippen molar-refractivity contribution >= 4 is 0 Å². The highest BCUT2D eigenvalue weighted by molar-refractivity contribution is 5.65. The second-order valence-electron chi connectivity index (χ2n) is 6.14. The summed E-state index contributed by atoms with van der Waals surface area (Å²) in [7, 11) is 0. The van der Waals surface area contributed by atoms with E-state index in [1.165, 1.54) is 18.2 Å². The first-order valence-electron chi connectivity index (χ1n) is 8.31. The van der Waals surface area contributed by atoms with Gasteiger partial charge in [0.1, 0.15) is 23.1 Å². The van der Waals surface area contributed by atoms with E-state index in [-0.39, 0.29) is 5.56 Å². The van der Waals surface area contributed by atoms with Gasteiger partial charge in [-0.25, -0.2) is 8.78 Å². The predicted octanol–water partition coefficient (Wildman–Crippen LogP) is 4.78. The van der Waals surface area contributed by atoms with Crippen molar-refractivity contribution < 1.29 is 13.3 Å². The summed E-state index contributed by atoms with van der Waals surface area (Å²) in [6.07, 6.45) is 4.10. The molecular weight excluding hydrogens is 298 g/mol. The average Bonchev–Trinajstić information content (AvgIpc) is 3.30. The van der Waals surface area contributed by atoms with Crippen molar-refractivity contribution in [2.24, 2.45) is 0 Å². The highest BCUT2D eigenvalue weighted by Crippen LogP contribution is 2.44. The van der Waals surface area contributed by atoms with E-state index in [0.717, 1.165) is 37.0 Å². The van der Waals surface area contributed by atoms with Crippen molar-refractivity contribution in [1.82, 2.24) is 10.5 Å². The molecule has 1 heterocycles. The normalized spacial score (nSPS) is 14.7. The zero-order valence-electron chi connectivity index (χ0n) is 13.5. The molecule has 0 atom stereocenters. The van der Waals surface area contributed by atoms with E-state index >= 15 is 0 Å². The van der Waals surface area contributed by atoms with Gasteiger partial charge in [0.25, 0.3) is 0 Å². The lowest BCUT2D eigenvalue weighted by molar-refractivity contribution is 0.382. The van der Waals surface area contributed by atoms with Crippen LogP contribution in [0.4, 0.5) is 8.78 Å². The van der Waals surface area contributed by atoms with E-state index in [1.807, 2.05) is 0 Å². The second-order valence-corrected chi connectivity index (χ2v) is 6.14. The Morgan fingerprint density at radius 2 is 1.87 bits per heavy atom. The lowest BCUT2D eigenvalue weighted by atomic mass is 10.0. The lowest BCUT2D eigenvalue weighted by Gasteiger charge is -2.15. The van der Waals surface area contributed by atoms with Gasteiger partial charge in [0.2, 0.25) is 0 Å². The van der Waals surface area contributed by atoms with E-state index in [4.69, 9.17) is 4.52 Å². The third-order valence-electron chi connectivity index (χ3n) is 4.52. The summed E-state index contributed by atoms with van der Waals surface area (Å²) in [4.78, 5) is 0. The predicted molar refractivity (Wildman–Crippen MR) is 85.0 cm³/mol. The first kappa shape index (κ1) is 16.1. The molecule has 0 radical (unpaired) electrons. The summed E-state index contributed by atoms with van der Waals surface area (Å²) in [5.41, 5.74) is 0.994. The second kappa shape index (κ2) is 6.79. The summed E-state index contributed by atoms with van der Waals surface area (Å²) in [5.74, 6) is -0.0976. The molecular formula is C18H22F2N2O. The van der Waals surface area contributed by atoms with Gasteiger partial charge in [0.05, 0.1) is 5.56 Å². The molecule has 1 aliphatic carbocycles. The van der Waals surface area contributed by atoms with Crippen LogP contribution >= 0.6 is 0 Å². The van der Waals surface area contributed by atoms with Crippen molar-refractivity contribution in [2.45, 2.75) is 58.0 Å². The summed E-state index contributed by atoms with van der Waals surface area (Å²) in [6.45, 7) is 4.76. The fourth-order valence-corrected chi connectivity index (χ4v) is 2.90. The van der Waals surface area contributed by atoms with E-state index < -0.39 is 11.6 Å². The van der Waals surface area contributed by atoms with Crippen molar-refractivity contribution in [1.29, 1.82) is 0 Å². The molecule has 0 amide bonds. The standard InChI is InChI=1S/C18H22F2N2O/c1-3-12(4-2)21-10-13-17(22-23-18(13)11-8-9-11)16-14(19)6-5-7-15(16)20/h5-7,11-12,21H,3-4,8-10H2,1-2H3. The first-order chi connectivity index (χ1) is 11.2. The number of halogens is 2. The van der Waals surface area contributed by atoms with Gasteiger partial charge in [-0.1, -0.05) is 25.1 Å². The molecule has 1 saturated carbocycles. The SMILES string of the molecule is CCC(CC)NCc1c(-c2c(F)cccc2F)noc1C1CC1. The van der Waals surface area contributed by atoms with Gasteiger partial charge in [0.15, 0.2) is 0 Å². The third-order valence-corrected chi connectivity index (χ3v) is 4.52. The highest BCUT2D eigenvalue weighted by atomic mass is 19.1. The maximum absolute atomic E-state index is 14.1. The average molecular weight is 320 g/mol. The summed E-state index contributed by atoms with van der Waals surface area (Å²) >= 11 is 0. The van der Waals surface area contributed by atoms with Crippen LogP contribution in [-0.4, -0.2) is 11.2 Å². The van der Waals surface area contributed by atoms with Crippen LogP contribution in [0.15, 0.2) is 22.7 Å². The van der Waals surface area contributed by atoms with E-state index in [9.17, 15) is 8.78 Å². The van der Waals surface area contributed by atoms with Crippen LogP contribution < -0.4 is 5.32 Å². The van der Waals surface area contributed by atoms with Gasteiger partial charge in [-0.3, -0.25) is 0 Å². The van der Waals surface area contributed by atoms with Crippen molar-refractivity contribution in [3.8, 4) is 11.3 Å². The van der Waals surface area contributed by atoms with E-state index in [0.29, 0.717) is 24.2 Å². The number of hydrogen-bond acceptors (Lipinski definition) is 3. The maximum atomic E-state index is 14.1. The Kier molecular flexibility index (Phi) is 4.76. The Morgan fingerprint density at radius 1 is 1.22 bits per heavy atom. The number of nitrogens with one attached hydrogen (secondary N) is 1.